The Morgan fingerprint density at radius 1 is 0.850 bits per heavy atom. The number of para-hydroxylation sites is 1. The molecule has 0 aromatic heterocycles. The van der Waals surface area contributed by atoms with Crippen molar-refractivity contribution in [1.29, 1.82) is 0 Å². The van der Waals surface area contributed by atoms with E-state index in [2.05, 4.69) is 17.0 Å². The molecule has 1 fully saturated rings. The summed E-state index contributed by atoms with van der Waals surface area (Å²) in [5.41, 5.74) is 1.17. The molecule has 0 N–H and O–H groups in total. The lowest BCUT2D eigenvalue weighted by atomic mass is 10.0. The van der Waals surface area contributed by atoms with Gasteiger partial charge in [-0.25, -0.2) is 0 Å². The average molecular weight is 267 g/mol. The molecule has 2 heteroatoms. The van der Waals surface area contributed by atoms with Crippen molar-refractivity contribution >= 4 is 12.0 Å². The molecule has 1 aliphatic rings. The van der Waals surface area contributed by atoms with Crippen LogP contribution in [0.25, 0.3) is 0 Å². The number of rotatable bonds is 2. The number of hydrogen-bond donors (Lipinski definition) is 0. The van der Waals surface area contributed by atoms with Gasteiger partial charge >= 0.3 is 0 Å². The maximum Gasteiger partial charge on any atom is 0.142 e. The van der Waals surface area contributed by atoms with Crippen LogP contribution in [0, 0.1) is 0 Å². The molecule has 1 saturated heterocycles. The monoisotopic (exact) mass is 267 g/mol. The zero-order valence-corrected chi connectivity index (χ0v) is 11.7. The Labute approximate surface area is 121 Å². The number of hydrogen-bond acceptors (Lipinski definition) is 2. The molecule has 20 heavy (non-hydrogen) atoms. The van der Waals surface area contributed by atoms with Crippen LogP contribution < -0.4 is 4.90 Å². The van der Waals surface area contributed by atoms with Gasteiger partial charge in [-0.2, -0.15) is 0 Å². The first-order valence-corrected chi connectivity index (χ1v) is 7.19. The fourth-order valence-electron chi connectivity index (χ4n) is 2.42. The number of carbonyl (C=O) groups is 1. The predicted octanol–water partition coefficient (Wildman–Crippen LogP) is 3.93. The molecule has 1 atom stereocenters. The van der Waals surface area contributed by atoms with Crippen molar-refractivity contribution in [3.8, 4) is 0 Å². The second-order valence-electron chi connectivity index (χ2n) is 4.88. The first-order chi connectivity index (χ1) is 9.92. The van der Waals surface area contributed by atoms with E-state index >= 15 is 0 Å². The number of piperidine rings is 1. The third-order valence-corrected chi connectivity index (χ3v) is 3.46. The molecule has 0 radical (unpaired) electrons. The van der Waals surface area contributed by atoms with Crippen molar-refractivity contribution in [2.24, 2.45) is 0 Å². The van der Waals surface area contributed by atoms with Crippen molar-refractivity contribution in [2.75, 3.05) is 11.4 Å². The van der Waals surface area contributed by atoms with E-state index in [1.165, 1.54) is 18.5 Å². The maximum atomic E-state index is 10.9. The number of anilines is 1. The Kier molecular flexibility index (Phi) is 5.84. The number of nitrogens with zero attached hydrogens (tertiary/aromatic N) is 1. The molecule has 0 spiro atoms. The van der Waals surface area contributed by atoms with E-state index < -0.39 is 0 Å². The Morgan fingerprint density at radius 2 is 1.40 bits per heavy atom. The number of aldehydes is 1. The molecule has 0 bridgehead atoms. The summed E-state index contributed by atoms with van der Waals surface area (Å²) in [6.07, 6.45) is 4.44. The van der Waals surface area contributed by atoms with Crippen molar-refractivity contribution in [2.45, 2.75) is 25.3 Å². The van der Waals surface area contributed by atoms with E-state index in [0.29, 0.717) is 0 Å². The van der Waals surface area contributed by atoms with Gasteiger partial charge in [0, 0.05) is 12.2 Å². The minimum atomic E-state index is 0.0890. The summed E-state index contributed by atoms with van der Waals surface area (Å²) in [6, 6.07) is 22.3. The highest BCUT2D eigenvalue weighted by molar-refractivity contribution is 5.66. The number of carbonyl (C=O) groups excluding carboxylic acids is 1. The quantitative estimate of drug-likeness (QED) is 0.768. The van der Waals surface area contributed by atoms with Crippen molar-refractivity contribution in [3.05, 3.63) is 66.7 Å². The molecule has 1 unspecified atom stereocenters. The molecule has 0 saturated carbocycles. The van der Waals surface area contributed by atoms with Gasteiger partial charge in [-0.1, -0.05) is 54.6 Å². The molecule has 0 aliphatic carbocycles. The van der Waals surface area contributed by atoms with Gasteiger partial charge in [0.25, 0.3) is 0 Å². The van der Waals surface area contributed by atoms with Gasteiger partial charge in [-0.15, -0.1) is 0 Å². The molecule has 2 aromatic rings. The van der Waals surface area contributed by atoms with E-state index in [9.17, 15) is 4.79 Å². The fourth-order valence-corrected chi connectivity index (χ4v) is 2.42. The van der Waals surface area contributed by atoms with Crippen molar-refractivity contribution in [3.63, 3.8) is 0 Å². The minimum Gasteiger partial charge on any atom is -0.362 e. The summed E-state index contributed by atoms with van der Waals surface area (Å²) < 4.78 is 0. The van der Waals surface area contributed by atoms with Crippen LogP contribution in [0.4, 0.5) is 5.69 Å². The standard InChI is InChI=1S/C12H15NO.C6H6/c14-10-12-8-4-5-9-13(12)11-6-2-1-3-7-11;1-2-4-6-5-3-1/h1-3,6-7,10,12H,4-5,8-9H2;1-6H. The third-order valence-electron chi connectivity index (χ3n) is 3.46. The molecule has 0 amide bonds. The molecular weight excluding hydrogens is 246 g/mol. The molecule has 1 heterocycles. The topological polar surface area (TPSA) is 20.3 Å². The lowest BCUT2D eigenvalue weighted by molar-refractivity contribution is -0.109. The molecule has 2 aromatic carbocycles. The Hall–Kier alpha value is -2.09. The highest BCUT2D eigenvalue weighted by atomic mass is 16.1. The first kappa shape index (κ1) is 14.3. The average Bonchev–Trinajstić information content (AvgIpc) is 2.58. The van der Waals surface area contributed by atoms with Crippen LogP contribution in [-0.2, 0) is 4.79 Å². The van der Waals surface area contributed by atoms with E-state index in [1.807, 2.05) is 54.6 Å². The third kappa shape index (κ3) is 4.23. The molecular formula is C18H21NO. The lowest BCUT2D eigenvalue weighted by Gasteiger charge is -2.34. The summed E-state index contributed by atoms with van der Waals surface area (Å²) in [7, 11) is 0. The molecule has 1 aliphatic heterocycles. The highest BCUT2D eigenvalue weighted by Crippen LogP contribution is 2.23. The summed E-state index contributed by atoms with van der Waals surface area (Å²) in [4.78, 5) is 13.1. The van der Waals surface area contributed by atoms with Gasteiger partial charge in [-0.3, -0.25) is 0 Å². The van der Waals surface area contributed by atoms with Crippen LogP contribution in [0.1, 0.15) is 19.3 Å². The van der Waals surface area contributed by atoms with Gasteiger partial charge in [0.05, 0.1) is 6.04 Å². The summed E-state index contributed by atoms with van der Waals surface area (Å²) in [6.45, 7) is 1.01. The van der Waals surface area contributed by atoms with Crippen LogP contribution in [0.5, 0.6) is 0 Å². The van der Waals surface area contributed by atoms with Gasteiger partial charge in [0.15, 0.2) is 0 Å². The van der Waals surface area contributed by atoms with Crippen LogP contribution >= 0.6 is 0 Å². The van der Waals surface area contributed by atoms with Gasteiger partial charge < -0.3 is 9.69 Å². The maximum absolute atomic E-state index is 10.9. The first-order valence-electron chi connectivity index (χ1n) is 7.19. The normalized spacial score (nSPS) is 17.8. The van der Waals surface area contributed by atoms with Crippen LogP contribution in [0.15, 0.2) is 66.7 Å². The zero-order chi connectivity index (χ0) is 14.0. The molecule has 2 nitrogen and oxygen atoms in total. The minimum absolute atomic E-state index is 0.0890. The zero-order valence-electron chi connectivity index (χ0n) is 11.7. The largest absolute Gasteiger partial charge is 0.362 e. The number of benzene rings is 2. The summed E-state index contributed by atoms with van der Waals surface area (Å²) >= 11 is 0. The van der Waals surface area contributed by atoms with Gasteiger partial charge in [0.1, 0.15) is 6.29 Å². The van der Waals surface area contributed by atoms with Gasteiger partial charge in [-0.05, 0) is 31.4 Å². The van der Waals surface area contributed by atoms with Gasteiger partial charge in [0.2, 0.25) is 0 Å². The van der Waals surface area contributed by atoms with E-state index in [1.54, 1.807) is 0 Å². The fraction of sp³-hybridized carbons (Fsp3) is 0.278. The van der Waals surface area contributed by atoms with Crippen LogP contribution in [0.3, 0.4) is 0 Å². The van der Waals surface area contributed by atoms with E-state index in [0.717, 1.165) is 19.3 Å². The van der Waals surface area contributed by atoms with E-state index in [-0.39, 0.29) is 6.04 Å². The molecule has 3 rings (SSSR count). The second kappa shape index (κ2) is 8.16. The summed E-state index contributed by atoms with van der Waals surface area (Å²) in [5, 5.41) is 0. The molecule has 104 valence electrons. The lowest BCUT2D eigenvalue weighted by Crippen LogP contribution is -2.40. The van der Waals surface area contributed by atoms with Crippen molar-refractivity contribution in [1.82, 2.24) is 0 Å². The van der Waals surface area contributed by atoms with Crippen LogP contribution in [0.2, 0.25) is 0 Å². The Bertz CT molecular complexity index is 457. The predicted molar refractivity (Wildman–Crippen MR) is 83.9 cm³/mol. The van der Waals surface area contributed by atoms with Crippen LogP contribution in [-0.4, -0.2) is 18.9 Å². The van der Waals surface area contributed by atoms with Crippen molar-refractivity contribution < 1.29 is 4.79 Å². The Morgan fingerprint density at radius 3 is 1.95 bits per heavy atom. The summed E-state index contributed by atoms with van der Waals surface area (Å²) in [5.74, 6) is 0. The van der Waals surface area contributed by atoms with E-state index in [4.69, 9.17) is 0 Å². The highest BCUT2D eigenvalue weighted by Gasteiger charge is 2.21. The SMILES string of the molecule is O=CC1CCCCN1c1ccccc1.c1ccccc1. The second-order valence-corrected chi connectivity index (χ2v) is 4.88. The Balaban J connectivity index is 0.000000205. The smallest absolute Gasteiger partial charge is 0.142 e.